The number of carbonyl (C=O) groups is 2. The average molecular weight is 705 g/mol. The summed E-state index contributed by atoms with van der Waals surface area (Å²) in [5, 5.41) is 15.4. The summed E-state index contributed by atoms with van der Waals surface area (Å²) in [5.74, 6) is 8.26. The van der Waals surface area contributed by atoms with E-state index in [4.69, 9.17) is 13.9 Å². The van der Waals surface area contributed by atoms with E-state index in [1.807, 2.05) is 19.2 Å². The summed E-state index contributed by atoms with van der Waals surface area (Å²) in [7, 11) is 4.88. The Morgan fingerprint density at radius 3 is 2.39 bits per heavy atom. The number of methoxy groups -OCH3 is 3. The van der Waals surface area contributed by atoms with Crippen molar-refractivity contribution in [1.29, 1.82) is 0 Å². The molecule has 0 spiro atoms. The third kappa shape index (κ3) is 15.5. The Hall–Kier alpha value is -5.15. The molecule has 0 aliphatic rings. The zero-order chi connectivity index (χ0) is 38.2. The summed E-state index contributed by atoms with van der Waals surface area (Å²) in [5.41, 5.74) is 4.05. The predicted molar refractivity (Wildman–Crippen MR) is 204 cm³/mol. The number of urea groups is 1. The molecule has 2 heterocycles. The third-order valence-corrected chi connectivity index (χ3v) is 7.60. The van der Waals surface area contributed by atoms with Crippen molar-refractivity contribution in [3.05, 3.63) is 65.9 Å². The van der Waals surface area contributed by atoms with Crippen LogP contribution in [0.5, 0.6) is 11.5 Å². The predicted octanol–water partition coefficient (Wildman–Crippen LogP) is 7.46. The molecule has 1 unspecified atom stereocenters. The summed E-state index contributed by atoms with van der Waals surface area (Å²) in [6.07, 6.45) is 8.25. The smallest absolute Gasteiger partial charge is 0.322 e. The maximum Gasteiger partial charge on any atom is 0.322 e. The molecular weight excluding hydrogens is 648 g/mol. The quantitative estimate of drug-likeness (QED) is 0.0826. The van der Waals surface area contributed by atoms with Gasteiger partial charge in [-0.05, 0) is 92.8 Å². The van der Waals surface area contributed by atoms with Gasteiger partial charge in [-0.3, -0.25) is 10.1 Å². The van der Waals surface area contributed by atoms with Crippen LogP contribution in [0.25, 0.3) is 17.2 Å². The first kappa shape index (κ1) is 43.9. The minimum Gasteiger partial charge on any atom is -0.497 e. The van der Waals surface area contributed by atoms with E-state index in [9.17, 15) is 9.59 Å². The van der Waals surface area contributed by atoms with Gasteiger partial charge in [0.2, 0.25) is 6.41 Å². The van der Waals surface area contributed by atoms with Gasteiger partial charge in [0, 0.05) is 13.7 Å². The van der Waals surface area contributed by atoms with Crippen molar-refractivity contribution < 1.29 is 28.2 Å². The first-order valence-electron chi connectivity index (χ1n) is 17.1. The monoisotopic (exact) mass is 704 g/mol. The fraction of sp³-hybridized carbons (Fsp3) is 0.462. The van der Waals surface area contributed by atoms with Crippen LogP contribution in [0.1, 0.15) is 84.5 Å². The van der Waals surface area contributed by atoms with Crippen molar-refractivity contribution >= 4 is 24.0 Å². The highest BCUT2D eigenvalue weighted by Crippen LogP contribution is 2.27. The lowest BCUT2D eigenvalue weighted by atomic mass is 9.92. The number of nitrogens with zero attached hydrogens (tertiary/aromatic N) is 3. The average Bonchev–Trinajstić information content (AvgIpc) is 3.60. The summed E-state index contributed by atoms with van der Waals surface area (Å²) >= 11 is 0. The molecule has 0 saturated carbocycles. The third-order valence-electron chi connectivity index (χ3n) is 7.60. The van der Waals surface area contributed by atoms with Crippen LogP contribution in [-0.4, -0.2) is 67.6 Å². The van der Waals surface area contributed by atoms with E-state index in [0.29, 0.717) is 49.1 Å². The minimum atomic E-state index is -0.876. The first-order chi connectivity index (χ1) is 24.5. The van der Waals surface area contributed by atoms with Crippen LogP contribution in [-0.2, 0) is 16.0 Å². The number of aromatic nitrogens is 3. The lowest BCUT2D eigenvalue weighted by molar-refractivity contribution is -0.108. The molecule has 3 aromatic rings. The second kappa shape index (κ2) is 24.1. The lowest BCUT2D eigenvalue weighted by Crippen LogP contribution is -2.48. The normalized spacial score (nSPS) is 12.2. The fourth-order valence-electron chi connectivity index (χ4n) is 4.40. The van der Waals surface area contributed by atoms with Crippen molar-refractivity contribution in [3.8, 4) is 34.9 Å². The van der Waals surface area contributed by atoms with Crippen molar-refractivity contribution in [2.45, 2.75) is 79.7 Å². The topological polar surface area (TPSA) is 150 Å². The van der Waals surface area contributed by atoms with Crippen LogP contribution in [0, 0.1) is 17.8 Å². The van der Waals surface area contributed by atoms with E-state index >= 15 is 0 Å². The standard InChI is InChI=1S/C18H22N6O4.C17H26O.C4H8O/c1-5-18(3,22-16(26)20-11-25)10-9-12-14(27-4)8-7-13(21-12)15-23-24-17(28-15)19-6-2;1-6-8-14(4)17-12-16(18-5)10-9-15(17)11-13(3)7-2;1-3-4-5-2/h7-8,11H,5-6H2,1-4H3,(H,19,24)(H2,20,22,25,26);8-10,12-13H,6-7,11H2,1-5H3;3H,1,4H2,2H3/b;14-8+;/t18-;;/m0../s1. The Balaban J connectivity index is 0.000000483. The van der Waals surface area contributed by atoms with Crippen molar-refractivity contribution in [3.63, 3.8) is 0 Å². The molecule has 3 amide bonds. The summed E-state index contributed by atoms with van der Waals surface area (Å²) < 4.78 is 20.7. The zero-order valence-corrected chi connectivity index (χ0v) is 31.9. The highest BCUT2D eigenvalue weighted by molar-refractivity contribution is 5.85. The Kier molecular flexibility index (Phi) is 20.7. The molecule has 2 atom stereocenters. The van der Waals surface area contributed by atoms with Crippen LogP contribution in [0.3, 0.4) is 0 Å². The molecule has 51 heavy (non-hydrogen) atoms. The van der Waals surface area contributed by atoms with Crippen molar-refractivity contribution in [1.82, 2.24) is 25.8 Å². The molecule has 278 valence electrons. The van der Waals surface area contributed by atoms with Gasteiger partial charge in [0.1, 0.15) is 17.0 Å². The molecule has 1 aromatic carbocycles. The van der Waals surface area contributed by atoms with Crippen LogP contribution in [0.2, 0.25) is 0 Å². The second-order valence-corrected chi connectivity index (χ2v) is 11.6. The fourth-order valence-corrected chi connectivity index (χ4v) is 4.40. The molecular formula is C39H56N6O6. The van der Waals surface area contributed by atoms with E-state index in [1.165, 1.54) is 30.2 Å². The van der Waals surface area contributed by atoms with Gasteiger partial charge in [0.05, 0.1) is 20.8 Å². The molecule has 2 aromatic heterocycles. The molecule has 0 aliphatic carbocycles. The number of hydrogen-bond donors (Lipinski definition) is 3. The molecule has 0 radical (unpaired) electrons. The molecule has 12 nitrogen and oxygen atoms in total. The number of amides is 3. The Morgan fingerprint density at radius 1 is 1.10 bits per heavy atom. The van der Waals surface area contributed by atoms with Gasteiger partial charge >= 0.3 is 12.0 Å². The van der Waals surface area contributed by atoms with Gasteiger partial charge in [-0.1, -0.05) is 63.4 Å². The Morgan fingerprint density at radius 2 is 1.84 bits per heavy atom. The summed E-state index contributed by atoms with van der Waals surface area (Å²) in [6.45, 7) is 19.2. The number of imide groups is 1. The van der Waals surface area contributed by atoms with Crippen LogP contribution >= 0.6 is 0 Å². The van der Waals surface area contributed by atoms with Crippen molar-refractivity contribution in [2.24, 2.45) is 5.92 Å². The highest BCUT2D eigenvalue weighted by atomic mass is 16.5. The van der Waals surface area contributed by atoms with Crippen LogP contribution in [0.4, 0.5) is 10.8 Å². The number of anilines is 1. The van der Waals surface area contributed by atoms with E-state index < -0.39 is 11.6 Å². The number of carbonyl (C=O) groups excluding carboxylic acids is 2. The largest absolute Gasteiger partial charge is 0.497 e. The number of benzene rings is 1. The van der Waals surface area contributed by atoms with Crippen LogP contribution in [0.15, 0.2) is 53.5 Å². The maximum absolute atomic E-state index is 11.7. The van der Waals surface area contributed by atoms with Gasteiger partial charge < -0.3 is 29.3 Å². The summed E-state index contributed by atoms with van der Waals surface area (Å²) in [4.78, 5) is 26.5. The number of pyridine rings is 1. The molecule has 0 bridgehead atoms. The number of rotatable bonds is 15. The maximum atomic E-state index is 11.7. The number of allylic oxidation sites excluding steroid dienone is 2. The second-order valence-electron chi connectivity index (χ2n) is 11.6. The minimum absolute atomic E-state index is 0.239. The molecule has 3 rings (SSSR count). The molecule has 12 heteroatoms. The molecule has 0 aliphatic heterocycles. The first-order valence-corrected chi connectivity index (χ1v) is 17.1. The Labute approximate surface area is 303 Å². The van der Waals surface area contributed by atoms with E-state index in [-0.39, 0.29) is 5.89 Å². The zero-order valence-electron chi connectivity index (χ0n) is 31.9. The van der Waals surface area contributed by atoms with E-state index in [0.717, 1.165) is 24.5 Å². The molecule has 0 fully saturated rings. The molecule has 3 N–H and O–H groups in total. The van der Waals surface area contributed by atoms with Crippen LogP contribution < -0.4 is 25.4 Å². The SMILES string of the molecule is C=CCOC.CC/C=C(\C)c1cc(OC)ccc1CC(C)CC.CCNc1nnc(-c2ccc(OC)c(C#C[C@](C)(CC)NC(=O)NC=O)n2)o1. The van der Waals surface area contributed by atoms with Gasteiger partial charge in [0.25, 0.3) is 5.89 Å². The number of ether oxygens (including phenoxy) is 3. The molecule has 0 saturated heterocycles. The van der Waals surface area contributed by atoms with Gasteiger partial charge in [-0.25, -0.2) is 9.78 Å². The van der Waals surface area contributed by atoms with Gasteiger partial charge in [-0.15, -0.1) is 11.7 Å². The number of hydrogen-bond acceptors (Lipinski definition) is 10. The Bertz CT molecular complexity index is 1610. The van der Waals surface area contributed by atoms with Gasteiger partial charge in [-0.2, -0.15) is 0 Å². The summed E-state index contributed by atoms with van der Waals surface area (Å²) in [6, 6.07) is 9.49. The van der Waals surface area contributed by atoms with Gasteiger partial charge in [0.15, 0.2) is 11.4 Å². The highest BCUT2D eigenvalue weighted by Gasteiger charge is 2.22. The van der Waals surface area contributed by atoms with E-state index in [1.54, 1.807) is 39.4 Å². The van der Waals surface area contributed by atoms with E-state index in [2.05, 4.69) is 101 Å². The number of nitrogens with one attached hydrogen (secondary N) is 3. The van der Waals surface area contributed by atoms with Crippen molar-refractivity contribution in [2.75, 3.05) is 39.8 Å². The lowest BCUT2D eigenvalue weighted by Gasteiger charge is -2.22.